The van der Waals surface area contributed by atoms with Gasteiger partial charge in [0.15, 0.2) is 11.6 Å². The van der Waals surface area contributed by atoms with Crippen LogP contribution in [0.1, 0.15) is 29.3 Å². The third-order valence-electron chi connectivity index (χ3n) is 2.83. The minimum absolute atomic E-state index is 0.0639. The van der Waals surface area contributed by atoms with Crippen molar-refractivity contribution in [3.8, 4) is 0 Å². The van der Waals surface area contributed by atoms with Crippen molar-refractivity contribution in [2.45, 2.75) is 20.3 Å². The van der Waals surface area contributed by atoms with Gasteiger partial charge in [0.2, 0.25) is 0 Å². The molecule has 0 fully saturated rings. The quantitative estimate of drug-likeness (QED) is 0.887. The Labute approximate surface area is 122 Å². The van der Waals surface area contributed by atoms with Crippen LogP contribution < -0.4 is 10.6 Å². The number of anilines is 2. The van der Waals surface area contributed by atoms with E-state index in [2.05, 4.69) is 20.6 Å². The summed E-state index contributed by atoms with van der Waals surface area (Å²) in [5.74, 6) is -0.743. The molecule has 6 heteroatoms. The molecular formula is C15H17FN4O. The first kappa shape index (κ1) is 14.9. The van der Waals surface area contributed by atoms with Crippen LogP contribution in [-0.2, 0) is 0 Å². The minimum atomic E-state index is -0.657. The smallest absolute Gasteiger partial charge is 0.259 e. The Morgan fingerprint density at radius 1 is 1.29 bits per heavy atom. The second-order valence-corrected chi connectivity index (χ2v) is 4.62. The molecule has 0 aromatic carbocycles. The van der Waals surface area contributed by atoms with Crippen molar-refractivity contribution in [3.63, 3.8) is 0 Å². The number of pyridine rings is 2. The molecule has 21 heavy (non-hydrogen) atoms. The molecule has 0 unspecified atom stereocenters. The van der Waals surface area contributed by atoms with Crippen molar-refractivity contribution in [3.05, 3.63) is 47.5 Å². The van der Waals surface area contributed by atoms with Crippen LogP contribution in [0.2, 0.25) is 0 Å². The second-order valence-electron chi connectivity index (χ2n) is 4.62. The van der Waals surface area contributed by atoms with Gasteiger partial charge in [-0.2, -0.15) is 0 Å². The van der Waals surface area contributed by atoms with Gasteiger partial charge in [-0.1, -0.05) is 13.0 Å². The van der Waals surface area contributed by atoms with Crippen LogP contribution in [0.25, 0.3) is 0 Å². The fourth-order valence-corrected chi connectivity index (χ4v) is 1.71. The van der Waals surface area contributed by atoms with E-state index in [4.69, 9.17) is 0 Å². The molecular weight excluding hydrogens is 271 g/mol. The number of carbonyl (C=O) groups is 1. The lowest BCUT2D eigenvalue weighted by Crippen LogP contribution is -2.16. The molecule has 0 aliphatic heterocycles. The molecule has 2 N–H and O–H groups in total. The number of nitrogens with zero attached hydrogens (tertiary/aromatic N) is 2. The maximum absolute atomic E-state index is 14.2. The highest BCUT2D eigenvalue weighted by atomic mass is 19.1. The van der Waals surface area contributed by atoms with Crippen molar-refractivity contribution < 1.29 is 9.18 Å². The van der Waals surface area contributed by atoms with Crippen LogP contribution in [-0.4, -0.2) is 22.4 Å². The van der Waals surface area contributed by atoms with E-state index in [0.29, 0.717) is 12.4 Å². The molecule has 0 saturated carbocycles. The Kier molecular flexibility index (Phi) is 4.81. The van der Waals surface area contributed by atoms with Gasteiger partial charge in [-0.25, -0.2) is 14.4 Å². The topological polar surface area (TPSA) is 66.9 Å². The molecule has 110 valence electrons. The molecule has 5 nitrogen and oxygen atoms in total. The third-order valence-corrected chi connectivity index (χ3v) is 2.83. The van der Waals surface area contributed by atoms with Crippen molar-refractivity contribution in [1.82, 2.24) is 9.97 Å². The highest BCUT2D eigenvalue weighted by Crippen LogP contribution is 2.16. The number of amides is 1. The van der Waals surface area contributed by atoms with E-state index in [9.17, 15) is 9.18 Å². The van der Waals surface area contributed by atoms with Gasteiger partial charge in [-0.05, 0) is 31.0 Å². The molecule has 0 spiro atoms. The molecule has 2 aromatic rings. The van der Waals surface area contributed by atoms with Crippen molar-refractivity contribution in [2.75, 3.05) is 17.2 Å². The predicted octanol–water partition coefficient (Wildman–Crippen LogP) is 3.00. The molecule has 0 aliphatic rings. The van der Waals surface area contributed by atoms with Gasteiger partial charge >= 0.3 is 0 Å². The van der Waals surface area contributed by atoms with Gasteiger partial charge in [-0.3, -0.25) is 4.79 Å². The van der Waals surface area contributed by atoms with E-state index >= 15 is 0 Å². The number of aromatic nitrogens is 2. The highest BCUT2D eigenvalue weighted by Gasteiger charge is 2.16. The molecule has 2 rings (SSSR count). The Morgan fingerprint density at radius 2 is 2.10 bits per heavy atom. The van der Waals surface area contributed by atoms with Crippen molar-refractivity contribution in [2.24, 2.45) is 0 Å². The van der Waals surface area contributed by atoms with E-state index in [0.717, 1.165) is 12.0 Å². The number of carbonyl (C=O) groups excluding carboxylic acids is 1. The summed E-state index contributed by atoms with van der Waals surface area (Å²) in [5, 5.41) is 5.41. The van der Waals surface area contributed by atoms with Gasteiger partial charge < -0.3 is 10.6 Å². The fraction of sp³-hybridized carbons (Fsp3) is 0.267. The lowest BCUT2D eigenvalue weighted by atomic mass is 10.2. The third kappa shape index (κ3) is 3.75. The summed E-state index contributed by atoms with van der Waals surface area (Å²) in [6, 6.07) is 4.83. The van der Waals surface area contributed by atoms with Crippen LogP contribution in [0.3, 0.4) is 0 Å². The minimum Gasteiger partial charge on any atom is -0.368 e. The molecule has 2 aromatic heterocycles. The summed E-state index contributed by atoms with van der Waals surface area (Å²) in [6.07, 6.45) is 3.87. The van der Waals surface area contributed by atoms with E-state index in [1.807, 2.05) is 19.9 Å². The summed E-state index contributed by atoms with van der Waals surface area (Å²) < 4.78 is 14.2. The first-order chi connectivity index (χ1) is 10.1. The maximum Gasteiger partial charge on any atom is 0.259 e. The second kappa shape index (κ2) is 6.78. The molecule has 0 radical (unpaired) electrons. The normalized spacial score (nSPS) is 10.2. The summed E-state index contributed by atoms with van der Waals surface area (Å²) in [7, 11) is 0. The zero-order chi connectivity index (χ0) is 15.2. The molecule has 1 amide bonds. The predicted molar refractivity (Wildman–Crippen MR) is 79.9 cm³/mol. The summed E-state index contributed by atoms with van der Waals surface area (Å²) >= 11 is 0. The average Bonchev–Trinajstić information content (AvgIpc) is 2.48. The lowest BCUT2D eigenvalue weighted by Gasteiger charge is -2.09. The highest BCUT2D eigenvalue weighted by molar-refractivity contribution is 6.04. The van der Waals surface area contributed by atoms with Crippen molar-refractivity contribution >= 4 is 17.5 Å². The monoisotopic (exact) mass is 288 g/mol. The van der Waals surface area contributed by atoms with E-state index in [-0.39, 0.29) is 11.4 Å². The van der Waals surface area contributed by atoms with Crippen LogP contribution in [0, 0.1) is 12.7 Å². The fourth-order valence-electron chi connectivity index (χ4n) is 1.71. The average molecular weight is 288 g/mol. The SMILES string of the molecule is CCCNc1nccc(C(=O)Nc2ccc(C)cn2)c1F. The van der Waals surface area contributed by atoms with Gasteiger partial charge in [0.1, 0.15) is 5.82 Å². The van der Waals surface area contributed by atoms with E-state index in [1.165, 1.54) is 12.3 Å². The molecule has 0 aliphatic carbocycles. The van der Waals surface area contributed by atoms with Gasteiger partial charge in [-0.15, -0.1) is 0 Å². The molecule has 2 heterocycles. The number of nitrogens with one attached hydrogen (secondary N) is 2. The van der Waals surface area contributed by atoms with Crippen molar-refractivity contribution in [1.29, 1.82) is 0 Å². The zero-order valence-corrected chi connectivity index (χ0v) is 12.0. The summed E-state index contributed by atoms with van der Waals surface area (Å²) in [6.45, 7) is 4.45. The number of hydrogen-bond donors (Lipinski definition) is 2. The van der Waals surface area contributed by atoms with Gasteiger partial charge in [0.05, 0.1) is 5.56 Å². The number of halogens is 1. The first-order valence-corrected chi connectivity index (χ1v) is 6.74. The summed E-state index contributed by atoms with van der Waals surface area (Å²) in [4.78, 5) is 20.1. The number of rotatable bonds is 5. The Balaban J connectivity index is 2.17. The maximum atomic E-state index is 14.2. The Morgan fingerprint density at radius 3 is 2.76 bits per heavy atom. The Bertz CT molecular complexity index is 628. The lowest BCUT2D eigenvalue weighted by molar-refractivity contribution is 0.102. The summed E-state index contributed by atoms with van der Waals surface area (Å²) in [5.41, 5.74) is 0.917. The van der Waals surface area contributed by atoms with Gasteiger partial charge in [0, 0.05) is 18.9 Å². The standard InChI is InChI=1S/C15H17FN4O/c1-3-7-17-14-13(16)11(6-8-18-14)15(21)20-12-5-4-10(2)9-19-12/h4-6,8-9H,3,7H2,1-2H3,(H,17,18)(H,19,20,21). The van der Waals surface area contributed by atoms with E-state index < -0.39 is 11.7 Å². The van der Waals surface area contributed by atoms with Gasteiger partial charge in [0.25, 0.3) is 5.91 Å². The van der Waals surface area contributed by atoms with Crippen LogP contribution in [0.15, 0.2) is 30.6 Å². The van der Waals surface area contributed by atoms with E-state index in [1.54, 1.807) is 12.3 Å². The zero-order valence-electron chi connectivity index (χ0n) is 12.0. The van der Waals surface area contributed by atoms with Crippen LogP contribution in [0.4, 0.5) is 16.0 Å². The molecule has 0 atom stereocenters. The molecule has 0 bridgehead atoms. The molecule has 0 saturated heterocycles. The largest absolute Gasteiger partial charge is 0.368 e. The van der Waals surface area contributed by atoms with Crippen LogP contribution >= 0.6 is 0 Å². The number of hydrogen-bond acceptors (Lipinski definition) is 4. The first-order valence-electron chi connectivity index (χ1n) is 6.74. The number of aryl methyl sites for hydroxylation is 1. The van der Waals surface area contributed by atoms with Crippen LogP contribution in [0.5, 0.6) is 0 Å². The Hall–Kier alpha value is -2.50.